The quantitative estimate of drug-likeness (QED) is 0.580. The van der Waals surface area contributed by atoms with Gasteiger partial charge in [-0.2, -0.15) is 0 Å². The third-order valence-corrected chi connectivity index (χ3v) is 4.16. The molecule has 0 aromatic heterocycles. The Bertz CT molecular complexity index is 62.3. The summed E-state index contributed by atoms with van der Waals surface area (Å²) in [5.41, 5.74) is 0. The van der Waals surface area contributed by atoms with Crippen molar-refractivity contribution in [2.45, 2.75) is 47.8 Å². The van der Waals surface area contributed by atoms with E-state index in [1.807, 2.05) is 0 Å². The maximum absolute atomic E-state index is 5.52. The van der Waals surface area contributed by atoms with E-state index in [0.717, 1.165) is 6.61 Å². The van der Waals surface area contributed by atoms with Gasteiger partial charge in [0, 0.05) is 6.61 Å². The molecule has 66 valence electrons. The summed E-state index contributed by atoms with van der Waals surface area (Å²) in [5.74, 6) is 0. The van der Waals surface area contributed by atoms with Gasteiger partial charge in [-0.05, 0) is 26.1 Å². The average Bonchev–Trinajstić information content (AvgIpc) is 1.67. The van der Waals surface area contributed by atoms with Gasteiger partial charge in [0.1, 0.15) is 0 Å². The molecule has 0 aliphatic rings. The van der Waals surface area contributed by atoms with E-state index in [-0.39, 0.29) is 14.9 Å². The van der Waals surface area contributed by atoms with Gasteiger partial charge in [0.25, 0.3) is 0 Å². The highest BCUT2D eigenvalue weighted by atomic mass is 28.4. The van der Waals surface area contributed by atoms with Crippen molar-refractivity contribution in [3.8, 4) is 0 Å². The van der Waals surface area contributed by atoms with Crippen LogP contribution in [0.25, 0.3) is 0 Å². The Balaban J connectivity index is -0.000000245. The Morgan fingerprint density at radius 1 is 1.10 bits per heavy atom. The van der Waals surface area contributed by atoms with Crippen molar-refractivity contribution in [2.24, 2.45) is 0 Å². The van der Waals surface area contributed by atoms with Crippen LogP contribution >= 0.6 is 0 Å². The fraction of sp³-hybridized carbons (Fsp3) is 1.00. The first-order valence-electron chi connectivity index (χ1n) is 3.26. The summed E-state index contributed by atoms with van der Waals surface area (Å²) in [5, 5.41) is 0. The van der Waals surface area contributed by atoms with E-state index in [0.29, 0.717) is 0 Å². The molecule has 1 nitrogen and oxygen atoms in total. The molecule has 0 aliphatic heterocycles. The molecule has 0 heterocycles. The zero-order valence-electron chi connectivity index (χ0n) is 6.32. The first-order valence-corrected chi connectivity index (χ1v) is 6.38. The van der Waals surface area contributed by atoms with Crippen LogP contribution < -0.4 is 0 Å². The predicted octanol–water partition coefficient (Wildman–Crippen LogP) is 3.52. The monoisotopic (exact) mass is 164 g/mol. The zero-order valence-corrected chi connectivity index (χ0v) is 7.32. The topological polar surface area (TPSA) is 9.23 Å². The van der Waals surface area contributed by atoms with Gasteiger partial charge in [-0.3, -0.25) is 0 Å². The van der Waals surface area contributed by atoms with Crippen LogP contribution in [0.4, 0.5) is 0 Å². The molecule has 0 rings (SSSR count). The normalized spacial score (nSPS) is 9.60. The molecular weight excluding hydrogens is 140 g/mol. The summed E-state index contributed by atoms with van der Waals surface area (Å²) >= 11 is 0. The second-order valence-corrected chi connectivity index (χ2v) is 7.06. The molecule has 0 saturated carbocycles. The molecule has 2 heteroatoms. The fourth-order valence-electron chi connectivity index (χ4n) is 0.493. The molecule has 0 bridgehead atoms. The van der Waals surface area contributed by atoms with Gasteiger partial charge in [0.05, 0.1) is 0 Å². The van der Waals surface area contributed by atoms with Gasteiger partial charge in [-0.1, -0.05) is 21.8 Å². The van der Waals surface area contributed by atoms with Crippen molar-refractivity contribution in [3.05, 3.63) is 0 Å². The smallest absolute Gasteiger partial charge is 0.186 e. The third-order valence-electron chi connectivity index (χ3n) is 1.39. The molecule has 0 saturated heterocycles. The Morgan fingerprint density at radius 3 is 1.60 bits per heavy atom. The maximum Gasteiger partial charge on any atom is 0.186 e. The van der Waals surface area contributed by atoms with E-state index in [1.165, 1.54) is 6.04 Å². The fourth-order valence-corrected chi connectivity index (χ4v) is 1.48. The Hall–Kier alpha value is 0.177. The summed E-state index contributed by atoms with van der Waals surface area (Å²) in [7, 11) is -1.18. The van der Waals surface area contributed by atoms with Crippen LogP contribution in [0.5, 0.6) is 0 Å². The molecule has 0 aromatic rings. The lowest BCUT2D eigenvalue weighted by Gasteiger charge is -2.18. The van der Waals surface area contributed by atoms with Crippen LogP contribution in [0.1, 0.15) is 28.7 Å². The molecule has 10 heavy (non-hydrogen) atoms. The molecule has 0 radical (unpaired) electrons. The second-order valence-electron chi connectivity index (χ2n) is 2.55. The molecule has 0 aromatic carbocycles. The van der Waals surface area contributed by atoms with Crippen LogP contribution in [0.3, 0.4) is 0 Å². The van der Waals surface area contributed by atoms with Gasteiger partial charge >= 0.3 is 0 Å². The number of rotatable bonds is 3. The highest BCUT2D eigenvalue weighted by Crippen LogP contribution is 2.08. The van der Waals surface area contributed by atoms with E-state index in [9.17, 15) is 0 Å². The molecule has 0 fully saturated rings. The minimum absolute atomic E-state index is 0. The lowest BCUT2D eigenvalue weighted by Crippen LogP contribution is -2.28. The van der Waals surface area contributed by atoms with Gasteiger partial charge < -0.3 is 4.43 Å². The summed E-state index contributed by atoms with van der Waals surface area (Å²) in [6, 6.07) is 1.22. The summed E-state index contributed by atoms with van der Waals surface area (Å²) < 4.78 is 5.52. The van der Waals surface area contributed by atoms with E-state index in [4.69, 9.17) is 4.43 Å². The molecule has 0 amide bonds. The van der Waals surface area contributed by atoms with Crippen molar-refractivity contribution in [3.63, 3.8) is 0 Å². The van der Waals surface area contributed by atoms with Crippen LogP contribution in [-0.4, -0.2) is 14.9 Å². The SMILES string of the molecule is C.C.CCO[Si](C)(C)CC. The highest BCUT2D eigenvalue weighted by Gasteiger charge is 2.17. The van der Waals surface area contributed by atoms with Gasteiger partial charge in [0.15, 0.2) is 8.32 Å². The Labute approximate surface area is 67.9 Å². The van der Waals surface area contributed by atoms with Crippen molar-refractivity contribution < 1.29 is 4.43 Å². The van der Waals surface area contributed by atoms with Crippen molar-refractivity contribution in [2.75, 3.05) is 6.61 Å². The summed E-state index contributed by atoms with van der Waals surface area (Å²) in [4.78, 5) is 0. The van der Waals surface area contributed by atoms with Crippen LogP contribution in [0, 0.1) is 0 Å². The standard InChI is InChI=1S/C6H16OSi.2CH4/c1-5-7-8(3,4)6-2;;/h5-6H2,1-4H3;2*1H4. The van der Waals surface area contributed by atoms with Crippen LogP contribution in [0.15, 0.2) is 0 Å². The number of hydrogen-bond donors (Lipinski definition) is 0. The maximum atomic E-state index is 5.52. The molecular formula is C8H24OSi. The largest absolute Gasteiger partial charge is 0.418 e. The van der Waals surface area contributed by atoms with Crippen molar-refractivity contribution >= 4 is 8.32 Å². The molecule has 0 spiro atoms. The lowest BCUT2D eigenvalue weighted by atomic mass is 10.9. The first kappa shape index (κ1) is 16.6. The third kappa shape index (κ3) is 8.18. The first-order chi connectivity index (χ1) is 3.62. The van der Waals surface area contributed by atoms with E-state index in [1.54, 1.807) is 0 Å². The van der Waals surface area contributed by atoms with Gasteiger partial charge in [-0.25, -0.2) is 0 Å². The van der Waals surface area contributed by atoms with Crippen molar-refractivity contribution in [1.29, 1.82) is 0 Å². The summed E-state index contributed by atoms with van der Waals surface area (Å²) in [6.45, 7) is 9.63. The molecule has 0 N–H and O–H groups in total. The highest BCUT2D eigenvalue weighted by molar-refractivity contribution is 6.71. The van der Waals surface area contributed by atoms with Crippen molar-refractivity contribution in [1.82, 2.24) is 0 Å². The Morgan fingerprint density at radius 2 is 1.50 bits per heavy atom. The molecule has 0 unspecified atom stereocenters. The zero-order chi connectivity index (χ0) is 6.62. The van der Waals surface area contributed by atoms with Gasteiger partial charge in [0.2, 0.25) is 0 Å². The minimum atomic E-state index is -1.18. The van der Waals surface area contributed by atoms with E-state index >= 15 is 0 Å². The lowest BCUT2D eigenvalue weighted by molar-refractivity contribution is 0.330. The van der Waals surface area contributed by atoms with E-state index in [2.05, 4.69) is 26.9 Å². The molecule has 0 atom stereocenters. The summed E-state index contributed by atoms with van der Waals surface area (Å²) in [6.07, 6.45) is 0. The minimum Gasteiger partial charge on any atom is -0.418 e. The average molecular weight is 164 g/mol. The van der Waals surface area contributed by atoms with E-state index < -0.39 is 8.32 Å². The predicted molar refractivity (Wildman–Crippen MR) is 53.1 cm³/mol. The van der Waals surface area contributed by atoms with Gasteiger partial charge in [-0.15, -0.1) is 0 Å². The Kier molecular flexibility index (Phi) is 12.1. The second kappa shape index (κ2) is 7.29. The molecule has 0 aliphatic carbocycles. The number of hydrogen-bond acceptors (Lipinski definition) is 1. The van der Waals surface area contributed by atoms with Crippen LogP contribution in [0.2, 0.25) is 19.1 Å². The van der Waals surface area contributed by atoms with Crippen LogP contribution in [-0.2, 0) is 4.43 Å².